The van der Waals surface area contributed by atoms with Gasteiger partial charge >= 0.3 is 0 Å². The fourth-order valence-corrected chi connectivity index (χ4v) is 3.32. The fourth-order valence-electron chi connectivity index (χ4n) is 2.32. The van der Waals surface area contributed by atoms with Crippen LogP contribution in [0.1, 0.15) is 5.01 Å². The minimum atomic E-state index is -0.324. The highest BCUT2D eigenvalue weighted by Gasteiger charge is 2.13. The number of ether oxygens (including phenoxy) is 2. The van der Waals surface area contributed by atoms with Crippen molar-refractivity contribution in [3.8, 4) is 28.8 Å². The molecule has 1 aromatic heterocycles. The molecular weight excluding hydrogens is 403 g/mol. The minimum absolute atomic E-state index is 0.0920. The number of rotatable bonds is 6. The summed E-state index contributed by atoms with van der Waals surface area (Å²) in [5.74, 6) is 0.555. The van der Waals surface area contributed by atoms with Gasteiger partial charge in [-0.15, -0.1) is 11.3 Å². The van der Waals surface area contributed by atoms with Crippen molar-refractivity contribution in [1.29, 1.82) is 5.26 Å². The number of anilines is 1. The van der Waals surface area contributed by atoms with Gasteiger partial charge in [-0.3, -0.25) is 5.43 Å². The van der Waals surface area contributed by atoms with Crippen LogP contribution in [0, 0.1) is 17.1 Å². The van der Waals surface area contributed by atoms with Crippen LogP contribution in [0.15, 0.2) is 46.9 Å². The number of hydrogen-bond acceptors (Lipinski definition) is 7. The van der Waals surface area contributed by atoms with Crippen LogP contribution in [0.3, 0.4) is 0 Å². The predicted octanol–water partition coefficient (Wildman–Crippen LogP) is 4.96. The average molecular weight is 417 g/mol. The molecule has 2 aromatic carbocycles. The van der Waals surface area contributed by atoms with Crippen molar-refractivity contribution in [2.75, 3.05) is 19.6 Å². The van der Waals surface area contributed by atoms with Gasteiger partial charge in [0.15, 0.2) is 10.7 Å². The van der Waals surface area contributed by atoms with Crippen molar-refractivity contribution in [2.45, 2.75) is 0 Å². The van der Waals surface area contributed by atoms with E-state index in [4.69, 9.17) is 21.1 Å². The summed E-state index contributed by atoms with van der Waals surface area (Å²) < 4.78 is 23.5. The summed E-state index contributed by atoms with van der Waals surface area (Å²) in [5.41, 5.74) is 4.74. The number of hydrogen-bond donors (Lipinski definition) is 1. The molecular formula is C19H14ClFN4O2S. The second kappa shape index (κ2) is 8.69. The summed E-state index contributed by atoms with van der Waals surface area (Å²) in [6, 6.07) is 11.2. The Morgan fingerprint density at radius 1 is 1.21 bits per heavy atom. The fraction of sp³-hybridized carbons (Fsp3) is 0.105. The zero-order valence-corrected chi connectivity index (χ0v) is 16.4. The number of nitrogens with zero attached hydrogens (tertiary/aromatic N) is 3. The lowest BCUT2D eigenvalue weighted by molar-refractivity contribution is 0.405. The van der Waals surface area contributed by atoms with E-state index in [0.717, 1.165) is 5.56 Å². The van der Waals surface area contributed by atoms with Gasteiger partial charge in [-0.25, -0.2) is 9.37 Å². The lowest BCUT2D eigenvalue weighted by atomic mass is 10.2. The Morgan fingerprint density at radius 3 is 2.57 bits per heavy atom. The quantitative estimate of drug-likeness (QED) is 0.453. The molecule has 0 aliphatic carbocycles. The highest BCUT2D eigenvalue weighted by atomic mass is 35.5. The topological polar surface area (TPSA) is 79.5 Å². The lowest BCUT2D eigenvalue weighted by Crippen LogP contribution is -2.03. The second-order valence-electron chi connectivity index (χ2n) is 5.42. The molecule has 0 aliphatic heterocycles. The Morgan fingerprint density at radius 2 is 1.93 bits per heavy atom. The maximum absolute atomic E-state index is 13.1. The molecule has 0 radical (unpaired) electrons. The highest BCUT2D eigenvalue weighted by Crippen LogP contribution is 2.36. The van der Waals surface area contributed by atoms with Crippen molar-refractivity contribution in [2.24, 2.45) is 5.10 Å². The summed E-state index contributed by atoms with van der Waals surface area (Å²) in [5, 5.41) is 16.2. The third-order valence-electron chi connectivity index (χ3n) is 3.71. The molecule has 0 spiro atoms. The molecule has 6 nitrogen and oxygen atoms in total. The van der Waals surface area contributed by atoms with Gasteiger partial charge in [0, 0.05) is 23.1 Å². The lowest BCUT2D eigenvalue weighted by Gasteiger charge is -2.11. The molecule has 0 unspecified atom stereocenters. The van der Waals surface area contributed by atoms with Crippen LogP contribution in [0.4, 0.5) is 10.1 Å². The monoisotopic (exact) mass is 416 g/mol. The van der Waals surface area contributed by atoms with Gasteiger partial charge in [-0.2, -0.15) is 10.4 Å². The molecule has 3 aromatic rings. The first-order valence-electron chi connectivity index (χ1n) is 7.93. The second-order valence-corrected chi connectivity index (χ2v) is 6.68. The Hall–Kier alpha value is -3.15. The molecule has 3 rings (SSSR count). The van der Waals surface area contributed by atoms with Crippen LogP contribution in [-0.4, -0.2) is 24.9 Å². The molecule has 0 fully saturated rings. The van der Waals surface area contributed by atoms with E-state index in [0.29, 0.717) is 32.9 Å². The van der Waals surface area contributed by atoms with E-state index in [1.807, 2.05) is 6.07 Å². The molecule has 0 aliphatic rings. The van der Waals surface area contributed by atoms with E-state index >= 15 is 0 Å². The van der Waals surface area contributed by atoms with Crippen molar-refractivity contribution in [3.63, 3.8) is 0 Å². The Balaban J connectivity index is 1.88. The zero-order valence-electron chi connectivity index (χ0n) is 14.9. The molecule has 28 heavy (non-hydrogen) atoms. The van der Waals surface area contributed by atoms with E-state index < -0.39 is 0 Å². The molecule has 1 heterocycles. The van der Waals surface area contributed by atoms with Gasteiger partial charge in [-0.1, -0.05) is 11.6 Å². The smallest absolute Gasteiger partial charge is 0.196 e. The molecule has 0 atom stereocenters. The number of thiazole rings is 1. The van der Waals surface area contributed by atoms with Crippen molar-refractivity contribution in [1.82, 2.24) is 4.98 Å². The maximum atomic E-state index is 13.1. The Bertz CT molecular complexity index is 1060. The summed E-state index contributed by atoms with van der Waals surface area (Å²) >= 11 is 7.35. The van der Waals surface area contributed by atoms with Crippen LogP contribution in [0.25, 0.3) is 11.3 Å². The minimum Gasteiger partial charge on any atom is -0.495 e. The molecule has 0 saturated heterocycles. The maximum Gasteiger partial charge on any atom is 0.196 e. The first-order valence-corrected chi connectivity index (χ1v) is 9.18. The first kappa shape index (κ1) is 19.6. The van der Waals surface area contributed by atoms with Crippen molar-refractivity contribution in [3.05, 3.63) is 57.6 Å². The van der Waals surface area contributed by atoms with E-state index in [9.17, 15) is 9.65 Å². The number of hydrazone groups is 1. The van der Waals surface area contributed by atoms with Crippen LogP contribution in [0.2, 0.25) is 5.02 Å². The Kier molecular flexibility index (Phi) is 6.09. The van der Waals surface area contributed by atoms with Gasteiger partial charge < -0.3 is 9.47 Å². The van der Waals surface area contributed by atoms with Crippen LogP contribution in [0.5, 0.6) is 11.5 Å². The molecule has 9 heteroatoms. The summed E-state index contributed by atoms with van der Waals surface area (Å²) in [6.07, 6.45) is 0. The van der Waals surface area contributed by atoms with Crippen LogP contribution < -0.4 is 14.9 Å². The van der Waals surface area contributed by atoms with E-state index in [1.165, 1.54) is 37.7 Å². The van der Waals surface area contributed by atoms with E-state index in [1.54, 1.807) is 29.6 Å². The molecule has 142 valence electrons. The van der Waals surface area contributed by atoms with E-state index in [-0.39, 0.29) is 11.5 Å². The largest absolute Gasteiger partial charge is 0.495 e. The third kappa shape index (κ3) is 4.22. The SMILES string of the molecule is COc1cc(N/N=C(\C#N)c2nc(-c3ccc(F)cc3)cs2)c(OC)cc1Cl. The Labute approximate surface area is 169 Å². The molecule has 0 saturated carbocycles. The van der Waals surface area contributed by atoms with E-state index in [2.05, 4.69) is 15.5 Å². The molecule has 0 bridgehead atoms. The highest BCUT2D eigenvalue weighted by molar-refractivity contribution is 7.12. The van der Waals surface area contributed by atoms with Gasteiger partial charge in [-0.05, 0) is 24.3 Å². The van der Waals surface area contributed by atoms with Crippen LogP contribution in [-0.2, 0) is 0 Å². The van der Waals surface area contributed by atoms with Gasteiger partial charge in [0.25, 0.3) is 0 Å². The standard InChI is InChI=1S/C19H14ClFN4O2S/c1-26-17-8-14(18(27-2)7-13(17)20)24-25-15(9-22)19-23-16(10-28-19)11-3-5-12(21)6-4-11/h3-8,10,24H,1-2H3/b25-15+. The number of nitrogens with one attached hydrogen (secondary N) is 1. The number of nitriles is 1. The zero-order chi connectivity index (χ0) is 20.1. The van der Waals surface area contributed by atoms with Gasteiger partial charge in [0.05, 0.1) is 24.9 Å². The van der Waals surface area contributed by atoms with Gasteiger partial charge in [0.2, 0.25) is 0 Å². The summed E-state index contributed by atoms with van der Waals surface area (Å²) in [7, 11) is 2.99. The normalized spacial score (nSPS) is 11.0. The molecule has 0 amide bonds. The average Bonchev–Trinajstić information content (AvgIpc) is 3.19. The van der Waals surface area contributed by atoms with Crippen LogP contribution >= 0.6 is 22.9 Å². The molecule has 1 N–H and O–H groups in total. The van der Waals surface area contributed by atoms with Crippen molar-refractivity contribution >= 4 is 34.3 Å². The number of methoxy groups -OCH3 is 2. The third-order valence-corrected chi connectivity index (χ3v) is 4.86. The first-order chi connectivity index (χ1) is 13.5. The number of halogens is 2. The number of aromatic nitrogens is 1. The summed E-state index contributed by atoms with van der Waals surface area (Å²) in [4.78, 5) is 4.41. The summed E-state index contributed by atoms with van der Waals surface area (Å²) in [6.45, 7) is 0. The number of benzene rings is 2. The van der Waals surface area contributed by atoms with Crippen molar-refractivity contribution < 1.29 is 13.9 Å². The van der Waals surface area contributed by atoms with Gasteiger partial charge in [0.1, 0.15) is 29.1 Å². The predicted molar refractivity (Wildman–Crippen MR) is 108 cm³/mol.